The zero-order valence-corrected chi connectivity index (χ0v) is 12.6. The first kappa shape index (κ1) is 15.4. The quantitative estimate of drug-likeness (QED) is 0.800. The van der Waals surface area contributed by atoms with Crippen LogP contribution in [-0.2, 0) is 6.42 Å². The molecule has 2 aromatic rings. The number of hydrogen-bond acceptors (Lipinski definition) is 2. The molecule has 3 nitrogen and oxygen atoms in total. The average molecular weight is 305 g/mol. The van der Waals surface area contributed by atoms with E-state index < -0.39 is 5.97 Å². The van der Waals surface area contributed by atoms with Crippen LogP contribution in [0.4, 0.5) is 0 Å². The number of unbranched alkanes of at least 4 members (excludes halogenated alkanes) is 1. The van der Waals surface area contributed by atoms with E-state index in [1.165, 1.54) is 11.6 Å². The number of carbonyl (C=O) groups is 1. The lowest BCUT2D eigenvalue weighted by Crippen LogP contribution is -2.00. The van der Waals surface area contributed by atoms with Gasteiger partial charge in [-0.3, -0.25) is 0 Å². The molecular weight excluding hydrogens is 288 g/mol. The Morgan fingerprint density at radius 2 is 1.90 bits per heavy atom. The lowest BCUT2D eigenvalue weighted by atomic mass is 10.1. The van der Waals surface area contributed by atoms with Gasteiger partial charge in [-0.15, -0.1) is 0 Å². The Morgan fingerprint density at radius 3 is 2.52 bits per heavy atom. The number of rotatable bonds is 6. The Labute approximate surface area is 129 Å². The molecule has 2 rings (SSSR count). The van der Waals surface area contributed by atoms with Crippen molar-refractivity contribution in [2.24, 2.45) is 0 Å². The maximum absolute atomic E-state index is 11.2. The van der Waals surface area contributed by atoms with Crippen molar-refractivity contribution < 1.29 is 14.6 Å². The van der Waals surface area contributed by atoms with E-state index in [-0.39, 0.29) is 11.3 Å². The summed E-state index contributed by atoms with van der Waals surface area (Å²) in [6.07, 6.45) is 3.35. The van der Waals surface area contributed by atoms with Gasteiger partial charge in [0.05, 0.1) is 0 Å². The average Bonchev–Trinajstić information content (AvgIpc) is 2.48. The second kappa shape index (κ2) is 7.14. The molecule has 4 heteroatoms. The van der Waals surface area contributed by atoms with Crippen LogP contribution in [0.2, 0.25) is 5.02 Å². The third-order valence-corrected chi connectivity index (χ3v) is 3.38. The summed E-state index contributed by atoms with van der Waals surface area (Å²) in [6.45, 7) is 2.16. The molecule has 0 aliphatic rings. The second-order valence-electron chi connectivity index (χ2n) is 4.80. The lowest BCUT2D eigenvalue weighted by molar-refractivity contribution is 0.0694. The summed E-state index contributed by atoms with van der Waals surface area (Å²) in [7, 11) is 0. The van der Waals surface area contributed by atoms with Gasteiger partial charge in [0.15, 0.2) is 0 Å². The maximum atomic E-state index is 11.2. The third kappa shape index (κ3) is 4.23. The number of carboxylic acid groups (broad SMARTS) is 1. The van der Waals surface area contributed by atoms with Crippen LogP contribution in [0.3, 0.4) is 0 Å². The summed E-state index contributed by atoms with van der Waals surface area (Å²) in [5.74, 6) is -0.166. The minimum Gasteiger partial charge on any atom is -0.478 e. The van der Waals surface area contributed by atoms with Crippen molar-refractivity contribution in [1.82, 2.24) is 0 Å². The molecule has 0 radical (unpaired) electrons. The van der Waals surface area contributed by atoms with Crippen LogP contribution in [-0.4, -0.2) is 11.1 Å². The maximum Gasteiger partial charge on any atom is 0.339 e. The first-order valence-electron chi connectivity index (χ1n) is 6.90. The highest BCUT2D eigenvalue weighted by Gasteiger charge is 2.12. The summed E-state index contributed by atoms with van der Waals surface area (Å²) in [4.78, 5) is 11.2. The van der Waals surface area contributed by atoms with Crippen LogP contribution in [0.5, 0.6) is 11.5 Å². The fourth-order valence-electron chi connectivity index (χ4n) is 1.99. The molecule has 0 unspecified atom stereocenters. The number of hydrogen-bond donors (Lipinski definition) is 1. The van der Waals surface area contributed by atoms with Crippen molar-refractivity contribution in [3.8, 4) is 11.5 Å². The Bertz CT molecular complexity index is 620. The van der Waals surface area contributed by atoms with E-state index in [1.807, 2.05) is 24.3 Å². The molecule has 0 saturated carbocycles. The van der Waals surface area contributed by atoms with Crippen molar-refractivity contribution in [2.75, 3.05) is 0 Å². The first-order chi connectivity index (χ1) is 10.1. The van der Waals surface area contributed by atoms with Crippen molar-refractivity contribution in [2.45, 2.75) is 26.2 Å². The molecule has 0 spiro atoms. The van der Waals surface area contributed by atoms with Gasteiger partial charge >= 0.3 is 5.97 Å². The molecule has 2 aromatic carbocycles. The third-order valence-electron chi connectivity index (χ3n) is 3.14. The van der Waals surface area contributed by atoms with E-state index in [1.54, 1.807) is 12.1 Å². The van der Waals surface area contributed by atoms with E-state index in [9.17, 15) is 9.90 Å². The zero-order chi connectivity index (χ0) is 15.2. The largest absolute Gasteiger partial charge is 0.478 e. The Morgan fingerprint density at radius 1 is 1.19 bits per heavy atom. The Balaban J connectivity index is 2.16. The van der Waals surface area contributed by atoms with E-state index in [0.717, 1.165) is 19.3 Å². The number of carboxylic acids is 1. The summed E-state index contributed by atoms with van der Waals surface area (Å²) in [5.41, 5.74) is 1.30. The predicted octanol–water partition coefficient (Wildman–Crippen LogP) is 5.17. The molecule has 0 heterocycles. The molecule has 0 amide bonds. The number of aryl methyl sites for hydroxylation is 1. The summed E-state index contributed by atoms with van der Waals surface area (Å²) < 4.78 is 5.65. The van der Waals surface area contributed by atoms with Gasteiger partial charge in [-0.1, -0.05) is 37.1 Å². The molecule has 21 heavy (non-hydrogen) atoms. The van der Waals surface area contributed by atoms with E-state index in [4.69, 9.17) is 16.3 Å². The highest BCUT2D eigenvalue weighted by atomic mass is 35.5. The van der Waals surface area contributed by atoms with Crippen LogP contribution >= 0.6 is 11.6 Å². The van der Waals surface area contributed by atoms with Gasteiger partial charge < -0.3 is 9.84 Å². The molecule has 0 saturated heterocycles. The van der Waals surface area contributed by atoms with Gasteiger partial charge in [0.1, 0.15) is 17.1 Å². The fraction of sp³-hybridized carbons (Fsp3) is 0.235. The molecule has 0 aliphatic carbocycles. The van der Waals surface area contributed by atoms with Crippen molar-refractivity contribution in [3.05, 3.63) is 58.6 Å². The van der Waals surface area contributed by atoms with Gasteiger partial charge in [0.2, 0.25) is 0 Å². The Hall–Kier alpha value is -2.00. The van der Waals surface area contributed by atoms with Crippen molar-refractivity contribution >= 4 is 17.6 Å². The SMILES string of the molecule is CCCCc1ccc(Oc2ccc(Cl)cc2C(=O)O)cc1. The van der Waals surface area contributed by atoms with Gasteiger partial charge in [0, 0.05) is 5.02 Å². The van der Waals surface area contributed by atoms with Crippen LogP contribution in [0, 0.1) is 0 Å². The number of aromatic carboxylic acids is 1. The number of ether oxygens (including phenoxy) is 1. The predicted molar refractivity (Wildman–Crippen MR) is 83.5 cm³/mol. The highest BCUT2D eigenvalue weighted by molar-refractivity contribution is 6.31. The van der Waals surface area contributed by atoms with Gasteiger partial charge in [0.25, 0.3) is 0 Å². The molecule has 0 bridgehead atoms. The van der Waals surface area contributed by atoms with Gasteiger partial charge in [-0.05, 0) is 48.7 Å². The van der Waals surface area contributed by atoms with Gasteiger partial charge in [-0.2, -0.15) is 0 Å². The molecule has 0 fully saturated rings. The summed E-state index contributed by atoms with van der Waals surface area (Å²) >= 11 is 5.81. The van der Waals surface area contributed by atoms with E-state index in [2.05, 4.69) is 6.92 Å². The molecule has 0 aromatic heterocycles. The summed E-state index contributed by atoms with van der Waals surface area (Å²) in [5, 5.41) is 9.54. The zero-order valence-electron chi connectivity index (χ0n) is 11.8. The lowest BCUT2D eigenvalue weighted by Gasteiger charge is -2.09. The molecular formula is C17H17ClO3. The monoisotopic (exact) mass is 304 g/mol. The van der Waals surface area contributed by atoms with Crippen molar-refractivity contribution in [3.63, 3.8) is 0 Å². The number of benzene rings is 2. The first-order valence-corrected chi connectivity index (χ1v) is 7.27. The minimum atomic E-state index is -1.06. The van der Waals surface area contributed by atoms with Crippen LogP contribution in [0.15, 0.2) is 42.5 Å². The van der Waals surface area contributed by atoms with E-state index >= 15 is 0 Å². The molecule has 0 atom stereocenters. The fourth-order valence-corrected chi connectivity index (χ4v) is 2.16. The normalized spacial score (nSPS) is 10.4. The number of halogens is 1. The smallest absolute Gasteiger partial charge is 0.339 e. The van der Waals surface area contributed by atoms with E-state index in [0.29, 0.717) is 10.8 Å². The molecule has 0 aliphatic heterocycles. The second-order valence-corrected chi connectivity index (χ2v) is 5.23. The van der Waals surface area contributed by atoms with Gasteiger partial charge in [-0.25, -0.2) is 4.79 Å². The van der Waals surface area contributed by atoms with Crippen LogP contribution < -0.4 is 4.74 Å². The Kier molecular flexibility index (Phi) is 5.23. The minimum absolute atomic E-state index is 0.0533. The standard InChI is InChI=1S/C17H17ClO3/c1-2-3-4-12-5-8-14(9-6-12)21-16-10-7-13(18)11-15(16)17(19)20/h5-11H,2-4H2,1H3,(H,19,20). The van der Waals surface area contributed by atoms with Crippen LogP contribution in [0.1, 0.15) is 35.7 Å². The summed E-state index contributed by atoms with van der Waals surface area (Å²) in [6, 6.07) is 12.3. The molecule has 110 valence electrons. The van der Waals surface area contributed by atoms with Crippen molar-refractivity contribution in [1.29, 1.82) is 0 Å². The molecule has 1 N–H and O–H groups in total. The highest BCUT2D eigenvalue weighted by Crippen LogP contribution is 2.28. The topological polar surface area (TPSA) is 46.5 Å². The van der Waals surface area contributed by atoms with Crippen LogP contribution in [0.25, 0.3) is 0 Å².